The fourth-order valence-electron chi connectivity index (χ4n) is 2.23. The van der Waals surface area contributed by atoms with Crippen LogP contribution in [0.2, 0.25) is 0 Å². The van der Waals surface area contributed by atoms with E-state index in [1.807, 2.05) is 19.1 Å². The minimum absolute atomic E-state index is 0.804. The summed E-state index contributed by atoms with van der Waals surface area (Å²) in [6.07, 6.45) is 0.816. The summed E-state index contributed by atoms with van der Waals surface area (Å²) in [6, 6.07) is 10.6. The van der Waals surface area contributed by atoms with Crippen molar-refractivity contribution in [3.63, 3.8) is 0 Å². The van der Waals surface area contributed by atoms with Crippen molar-refractivity contribution in [2.75, 3.05) is 0 Å². The van der Waals surface area contributed by atoms with E-state index in [-0.39, 0.29) is 0 Å². The van der Waals surface area contributed by atoms with Gasteiger partial charge in [-0.25, -0.2) is 9.97 Å². The summed E-state index contributed by atoms with van der Waals surface area (Å²) in [5, 5.41) is 0. The molecule has 0 fully saturated rings. The third kappa shape index (κ3) is 2.36. The van der Waals surface area contributed by atoms with Crippen molar-refractivity contribution in [3.8, 4) is 0 Å². The summed E-state index contributed by atoms with van der Waals surface area (Å²) in [7, 11) is 0. The number of rotatable bonds is 2. The van der Waals surface area contributed by atoms with E-state index in [0.717, 1.165) is 29.1 Å². The zero-order valence-electron chi connectivity index (χ0n) is 11.5. The van der Waals surface area contributed by atoms with Crippen molar-refractivity contribution in [2.45, 2.75) is 27.2 Å². The zero-order chi connectivity index (χ0) is 13.4. The van der Waals surface area contributed by atoms with Gasteiger partial charge in [0.15, 0.2) is 5.65 Å². The first kappa shape index (κ1) is 11.9. The second-order valence-electron chi connectivity index (χ2n) is 5.10. The first-order valence-electron chi connectivity index (χ1n) is 6.50. The molecule has 3 aromatic rings. The standard InChI is InChI=1S/C16H17N3/c1-10-4-6-13(8-11(10)2)9-15-18-14-7-5-12(3)17-16(14)19-15/h4-8H,9H2,1-3H3,(H,17,18,19). The molecule has 3 nitrogen and oxygen atoms in total. The molecule has 0 bridgehead atoms. The number of hydrogen-bond acceptors (Lipinski definition) is 2. The van der Waals surface area contributed by atoms with Crippen LogP contribution < -0.4 is 0 Å². The van der Waals surface area contributed by atoms with Crippen molar-refractivity contribution in [3.05, 3.63) is 58.5 Å². The first-order chi connectivity index (χ1) is 9.11. The molecule has 3 rings (SSSR count). The molecule has 19 heavy (non-hydrogen) atoms. The molecule has 96 valence electrons. The average molecular weight is 251 g/mol. The lowest BCUT2D eigenvalue weighted by molar-refractivity contribution is 1.03. The lowest BCUT2D eigenvalue weighted by Crippen LogP contribution is -1.92. The van der Waals surface area contributed by atoms with Crippen molar-refractivity contribution in [1.29, 1.82) is 0 Å². The van der Waals surface area contributed by atoms with Gasteiger partial charge in [-0.2, -0.15) is 0 Å². The van der Waals surface area contributed by atoms with E-state index in [1.54, 1.807) is 0 Å². The van der Waals surface area contributed by atoms with Crippen molar-refractivity contribution >= 4 is 11.2 Å². The number of benzene rings is 1. The molecule has 0 spiro atoms. The molecule has 0 saturated carbocycles. The highest BCUT2D eigenvalue weighted by atomic mass is 15.0. The van der Waals surface area contributed by atoms with E-state index in [2.05, 4.69) is 47.0 Å². The molecule has 0 atom stereocenters. The maximum Gasteiger partial charge on any atom is 0.177 e. The number of aryl methyl sites for hydroxylation is 3. The smallest absolute Gasteiger partial charge is 0.177 e. The fraction of sp³-hybridized carbons (Fsp3) is 0.250. The van der Waals surface area contributed by atoms with Gasteiger partial charge in [0.25, 0.3) is 0 Å². The Labute approximate surface area is 112 Å². The second kappa shape index (κ2) is 4.50. The molecular formula is C16H17N3. The van der Waals surface area contributed by atoms with E-state index in [1.165, 1.54) is 16.7 Å². The maximum absolute atomic E-state index is 4.55. The van der Waals surface area contributed by atoms with Crippen LogP contribution in [0.1, 0.15) is 28.2 Å². The normalized spacial score (nSPS) is 11.1. The van der Waals surface area contributed by atoms with Gasteiger partial charge in [0, 0.05) is 12.1 Å². The number of nitrogens with zero attached hydrogens (tertiary/aromatic N) is 2. The largest absolute Gasteiger partial charge is 0.340 e. The monoisotopic (exact) mass is 251 g/mol. The van der Waals surface area contributed by atoms with Crippen LogP contribution in [0.5, 0.6) is 0 Å². The highest BCUT2D eigenvalue weighted by Crippen LogP contribution is 2.15. The Morgan fingerprint density at radius 1 is 0.947 bits per heavy atom. The van der Waals surface area contributed by atoms with Gasteiger partial charge < -0.3 is 4.98 Å². The number of nitrogens with one attached hydrogen (secondary N) is 1. The second-order valence-corrected chi connectivity index (χ2v) is 5.10. The van der Waals surface area contributed by atoms with E-state index in [4.69, 9.17) is 0 Å². The summed E-state index contributed by atoms with van der Waals surface area (Å²) in [6.45, 7) is 6.26. The number of imidazole rings is 1. The number of fused-ring (bicyclic) bond motifs is 1. The Morgan fingerprint density at radius 3 is 2.58 bits per heavy atom. The number of aromatic nitrogens is 3. The van der Waals surface area contributed by atoms with Crippen LogP contribution in [-0.4, -0.2) is 15.0 Å². The van der Waals surface area contributed by atoms with Gasteiger partial charge >= 0.3 is 0 Å². The highest BCUT2D eigenvalue weighted by Gasteiger charge is 2.05. The molecule has 3 heteroatoms. The van der Waals surface area contributed by atoms with Gasteiger partial charge in [-0.15, -0.1) is 0 Å². The quantitative estimate of drug-likeness (QED) is 0.757. The Kier molecular flexibility index (Phi) is 2.82. The molecule has 2 heterocycles. The number of H-pyrrole nitrogens is 1. The minimum Gasteiger partial charge on any atom is -0.340 e. The van der Waals surface area contributed by atoms with Crippen LogP contribution in [0, 0.1) is 20.8 Å². The molecule has 0 aliphatic carbocycles. The molecular weight excluding hydrogens is 234 g/mol. The summed E-state index contributed by atoms with van der Waals surface area (Å²) >= 11 is 0. The van der Waals surface area contributed by atoms with E-state index in [0.29, 0.717) is 0 Å². The first-order valence-corrected chi connectivity index (χ1v) is 6.50. The molecule has 2 aromatic heterocycles. The SMILES string of the molecule is Cc1ccc2[nH]c(Cc3ccc(C)c(C)c3)nc2n1. The van der Waals surface area contributed by atoms with Gasteiger partial charge in [0.05, 0.1) is 5.52 Å². The van der Waals surface area contributed by atoms with Gasteiger partial charge in [-0.05, 0) is 49.6 Å². The zero-order valence-corrected chi connectivity index (χ0v) is 11.5. The predicted octanol–water partition coefficient (Wildman–Crippen LogP) is 3.47. The molecule has 0 radical (unpaired) electrons. The Morgan fingerprint density at radius 2 is 1.79 bits per heavy atom. The number of pyridine rings is 1. The minimum atomic E-state index is 0.804. The molecule has 0 saturated heterocycles. The summed E-state index contributed by atoms with van der Waals surface area (Å²) in [5.74, 6) is 0.969. The van der Waals surface area contributed by atoms with Crippen LogP contribution in [0.4, 0.5) is 0 Å². The predicted molar refractivity (Wildman–Crippen MR) is 77.3 cm³/mol. The molecule has 1 aromatic carbocycles. The fourth-order valence-corrected chi connectivity index (χ4v) is 2.23. The van der Waals surface area contributed by atoms with Crippen LogP contribution in [0.15, 0.2) is 30.3 Å². The van der Waals surface area contributed by atoms with Crippen molar-refractivity contribution in [1.82, 2.24) is 15.0 Å². The summed E-state index contributed by atoms with van der Waals surface area (Å²) < 4.78 is 0. The topological polar surface area (TPSA) is 41.6 Å². The van der Waals surface area contributed by atoms with E-state index < -0.39 is 0 Å². The molecule has 0 aliphatic rings. The van der Waals surface area contributed by atoms with Gasteiger partial charge in [0.1, 0.15) is 5.82 Å². The van der Waals surface area contributed by atoms with Crippen LogP contribution in [-0.2, 0) is 6.42 Å². The number of hydrogen-bond donors (Lipinski definition) is 1. The Bertz CT molecular complexity index is 741. The van der Waals surface area contributed by atoms with Gasteiger partial charge in [-0.1, -0.05) is 18.2 Å². The average Bonchev–Trinajstić information content (AvgIpc) is 2.75. The third-order valence-electron chi connectivity index (χ3n) is 3.48. The van der Waals surface area contributed by atoms with Gasteiger partial charge in [0.2, 0.25) is 0 Å². The Balaban J connectivity index is 1.94. The molecule has 0 unspecified atom stereocenters. The number of aromatic amines is 1. The highest BCUT2D eigenvalue weighted by molar-refractivity contribution is 5.70. The summed E-state index contributed by atoms with van der Waals surface area (Å²) in [4.78, 5) is 12.3. The maximum atomic E-state index is 4.55. The van der Waals surface area contributed by atoms with E-state index >= 15 is 0 Å². The van der Waals surface area contributed by atoms with Crippen LogP contribution in [0.3, 0.4) is 0 Å². The molecule has 0 amide bonds. The lowest BCUT2D eigenvalue weighted by Gasteiger charge is -2.03. The van der Waals surface area contributed by atoms with Crippen molar-refractivity contribution < 1.29 is 0 Å². The lowest BCUT2D eigenvalue weighted by atomic mass is 10.0. The van der Waals surface area contributed by atoms with Crippen LogP contribution in [0.25, 0.3) is 11.2 Å². The molecule has 1 N–H and O–H groups in total. The molecule has 0 aliphatic heterocycles. The van der Waals surface area contributed by atoms with Crippen LogP contribution >= 0.6 is 0 Å². The Hall–Kier alpha value is -2.16. The van der Waals surface area contributed by atoms with E-state index in [9.17, 15) is 0 Å². The third-order valence-corrected chi connectivity index (χ3v) is 3.48. The van der Waals surface area contributed by atoms with Crippen molar-refractivity contribution in [2.24, 2.45) is 0 Å². The van der Waals surface area contributed by atoms with Gasteiger partial charge in [-0.3, -0.25) is 0 Å². The summed E-state index contributed by atoms with van der Waals surface area (Å²) in [5.41, 5.74) is 6.73.